The lowest BCUT2D eigenvalue weighted by Crippen LogP contribution is -2.44. The van der Waals surface area contributed by atoms with Gasteiger partial charge in [0.05, 0.1) is 4.92 Å². The minimum absolute atomic E-state index is 0.0343. The Balaban J connectivity index is 2.36. The summed E-state index contributed by atoms with van der Waals surface area (Å²) in [6.45, 7) is 5.61. The molecule has 0 spiro atoms. The number of hydrogen-bond donors (Lipinski definition) is 1. The lowest BCUT2D eigenvalue weighted by atomic mass is 9.92. The second-order valence-corrected chi connectivity index (χ2v) is 5.93. The van der Waals surface area contributed by atoms with Crippen LogP contribution in [-0.4, -0.2) is 24.1 Å². The van der Waals surface area contributed by atoms with Crippen molar-refractivity contribution in [3.05, 3.63) is 32.8 Å². The summed E-state index contributed by atoms with van der Waals surface area (Å²) in [7, 11) is 0. The maximum Gasteiger partial charge on any atom is 0.288 e. The maximum atomic E-state index is 10.9. The lowest BCUT2D eigenvalue weighted by molar-refractivity contribution is -0.384. The summed E-state index contributed by atoms with van der Waals surface area (Å²) >= 11 is 6.04. The largest absolute Gasteiger partial charge is 0.368 e. The number of benzene rings is 1. The van der Waals surface area contributed by atoms with Crippen molar-refractivity contribution >= 4 is 23.0 Å². The number of nitro groups is 1. The van der Waals surface area contributed by atoms with Gasteiger partial charge in [-0.3, -0.25) is 10.1 Å². The van der Waals surface area contributed by atoms with Gasteiger partial charge in [0, 0.05) is 24.3 Å². The summed E-state index contributed by atoms with van der Waals surface area (Å²) in [6, 6.07) is 3.66. The molecule has 20 heavy (non-hydrogen) atoms. The fraction of sp³-hybridized carbons (Fsp3) is 0.571. The molecule has 2 unspecified atom stereocenters. The molecule has 1 aliphatic rings. The first-order valence-corrected chi connectivity index (χ1v) is 7.23. The molecule has 0 radical (unpaired) electrons. The molecule has 5 nitrogen and oxygen atoms in total. The third-order valence-corrected chi connectivity index (χ3v) is 4.39. The van der Waals surface area contributed by atoms with Crippen LogP contribution in [-0.2, 0) is 0 Å². The Morgan fingerprint density at radius 3 is 2.80 bits per heavy atom. The SMILES string of the molecule is Cc1cc([N+](=O)[O-])c(Cl)cc1N1CC(CN)CCC1C. The second-order valence-electron chi connectivity index (χ2n) is 5.53. The molecule has 1 aromatic carbocycles. The fourth-order valence-corrected chi connectivity index (χ4v) is 3.04. The first-order valence-electron chi connectivity index (χ1n) is 6.85. The third-order valence-electron chi connectivity index (χ3n) is 4.08. The van der Waals surface area contributed by atoms with Crippen LogP contribution in [0.2, 0.25) is 5.02 Å². The predicted molar refractivity (Wildman–Crippen MR) is 81.4 cm³/mol. The molecule has 0 aromatic heterocycles. The molecular formula is C14H20ClN3O2. The van der Waals surface area contributed by atoms with Gasteiger partial charge in [-0.25, -0.2) is 0 Å². The molecule has 1 saturated heterocycles. The molecule has 1 aliphatic heterocycles. The quantitative estimate of drug-likeness (QED) is 0.687. The number of anilines is 1. The predicted octanol–water partition coefficient (Wildman–Crippen LogP) is 3.12. The molecule has 0 saturated carbocycles. The van der Waals surface area contributed by atoms with Gasteiger partial charge in [-0.2, -0.15) is 0 Å². The van der Waals surface area contributed by atoms with E-state index in [1.54, 1.807) is 12.1 Å². The van der Waals surface area contributed by atoms with Crippen molar-refractivity contribution in [3.63, 3.8) is 0 Å². The summed E-state index contributed by atoms with van der Waals surface area (Å²) in [6.07, 6.45) is 2.21. The van der Waals surface area contributed by atoms with Gasteiger partial charge in [-0.1, -0.05) is 11.6 Å². The van der Waals surface area contributed by atoms with E-state index < -0.39 is 4.92 Å². The van der Waals surface area contributed by atoms with Gasteiger partial charge >= 0.3 is 0 Å². The number of rotatable bonds is 3. The van der Waals surface area contributed by atoms with Gasteiger partial charge < -0.3 is 10.6 Å². The summed E-state index contributed by atoms with van der Waals surface area (Å²) < 4.78 is 0. The first kappa shape index (κ1) is 15.1. The van der Waals surface area contributed by atoms with Crippen LogP contribution in [0, 0.1) is 23.0 Å². The highest BCUT2D eigenvalue weighted by Gasteiger charge is 2.27. The maximum absolute atomic E-state index is 10.9. The highest BCUT2D eigenvalue weighted by molar-refractivity contribution is 6.33. The lowest BCUT2D eigenvalue weighted by Gasteiger charge is -2.40. The molecule has 2 rings (SSSR count). The van der Waals surface area contributed by atoms with Crippen LogP contribution in [0.25, 0.3) is 0 Å². The van der Waals surface area contributed by atoms with Crippen molar-refractivity contribution < 1.29 is 4.92 Å². The van der Waals surface area contributed by atoms with Gasteiger partial charge in [-0.15, -0.1) is 0 Å². The number of aryl methyl sites for hydroxylation is 1. The summed E-state index contributed by atoms with van der Waals surface area (Å²) in [4.78, 5) is 12.7. The highest BCUT2D eigenvalue weighted by Crippen LogP contribution is 2.36. The third kappa shape index (κ3) is 2.88. The van der Waals surface area contributed by atoms with Crippen molar-refractivity contribution in [3.8, 4) is 0 Å². The number of halogens is 1. The molecule has 2 N–H and O–H groups in total. The van der Waals surface area contributed by atoms with E-state index >= 15 is 0 Å². The monoisotopic (exact) mass is 297 g/mol. The van der Waals surface area contributed by atoms with Crippen LogP contribution in [0.5, 0.6) is 0 Å². The van der Waals surface area contributed by atoms with Crippen LogP contribution in [0.1, 0.15) is 25.3 Å². The van der Waals surface area contributed by atoms with Gasteiger partial charge in [0.1, 0.15) is 5.02 Å². The zero-order valence-electron chi connectivity index (χ0n) is 11.8. The van der Waals surface area contributed by atoms with E-state index in [2.05, 4.69) is 11.8 Å². The Labute approximate surface area is 123 Å². The van der Waals surface area contributed by atoms with E-state index in [1.165, 1.54) is 0 Å². The number of nitrogens with two attached hydrogens (primary N) is 1. The van der Waals surface area contributed by atoms with Crippen LogP contribution in [0.4, 0.5) is 11.4 Å². The van der Waals surface area contributed by atoms with Crippen LogP contribution in [0.15, 0.2) is 12.1 Å². The summed E-state index contributed by atoms with van der Waals surface area (Å²) in [5, 5.41) is 11.1. The van der Waals surface area contributed by atoms with Crippen LogP contribution in [0.3, 0.4) is 0 Å². The standard InChI is InChI=1S/C14H20ClN3O2/c1-9-5-14(18(19)20)12(15)6-13(9)17-8-11(7-16)4-3-10(17)2/h5-6,10-11H,3-4,7-8,16H2,1-2H3. The molecule has 0 amide bonds. The average Bonchev–Trinajstić information content (AvgIpc) is 2.41. The normalized spacial score (nSPS) is 22.9. The van der Waals surface area contributed by atoms with Gasteiger partial charge in [-0.05, 0) is 50.8 Å². The van der Waals surface area contributed by atoms with Crippen molar-refractivity contribution in [1.29, 1.82) is 0 Å². The Hall–Kier alpha value is -1.33. The van der Waals surface area contributed by atoms with Crippen molar-refractivity contribution in [2.24, 2.45) is 11.7 Å². The molecule has 1 fully saturated rings. The number of nitro benzene ring substituents is 1. The Kier molecular flexibility index (Phi) is 4.50. The van der Waals surface area contributed by atoms with Crippen LogP contribution < -0.4 is 10.6 Å². The number of nitrogens with zero attached hydrogens (tertiary/aromatic N) is 2. The molecular weight excluding hydrogens is 278 g/mol. The zero-order chi connectivity index (χ0) is 14.9. The van der Waals surface area contributed by atoms with E-state index in [0.29, 0.717) is 18.5 Å². The van der Waals surface area contributed by atoms with Gasteiger partial charge in [0.2, 0.25) is 0 Å². The van der Waals surface area contributed by atoms with Crippen molar-refractivity contribution in [2.75, 3.05) is 18.0 Å². The Morgan fingerprint density at radius 2 is 2.20 bits per heavy atom. The summed E-state index contributed by atoms with van der Waals surface area (Å²) in [5.41, 5.74) is 7.60. The Morgan fingerprint density at radius 1 is 1.50 bits per heavy atom. The van der Waals surface area contributed by atoms with E-state index in [1.807, 2.05) is 6.92 Å². The Bertz CT molecular complexity index is 521. The van der Waals surface area contributed by atoms with E-state index in [-0.39, 0.29) is 10.7 Å². The van der Waals surface area contributed by atoms with E-state index in [9.17, 15) is 10.1 Å². The van der Waals surface area contributed by atoms with Crippen LogP contribution >= 0.6 is 11.6 Å². The molecule has 0 bridgehead atoms. The molecule has 1 heterocycles. The van der Waals surface area contributed by atoms with Crippen molar-refractivity contribution in [2.45, 2.75) is 32.7 Å². The minimum Gasteiger partial charge on any atom is -0.368 e. The number of piperidine rings is 1. The number of hydrogen-bond acceptors (Lipinski definition) is 4. The summed E-state index contributed by atoms with van der Waals surface area (Å²) in [5.74, 6) is 0.472. The molecule has 110 valence electrons. The highest BCUT2D eigenvalue weighted by atomic mass is 35.5. The van der Waals surface area contributed by atoms with E-state index in [0.717, 1.165) is 30.6 Å². The molecule has 2 atom stereocenters. The molecule has 0 aliphatic carbocycles. The topological polar surface area (TPSA) is 72.4 Å². The average molecular weight is 298 g/mol. The minimum atomic E-state index is -0.443. The second kappa shape index (κ2) is 5.97. The van der Waals surface area contributed by atoms with E-state index in [4.69, 9.17) is 17.3 Å². The first-order chi connectivity index (χ1) is 9.43. The smallest absolute Gasteiger partial charge is 0.288 e. The van der Waals surface area contributed by atoms with Crippen molar-refractivity contribution in [1.82, 2.24) is 0 Å². The molecule has 6 heteroatoms. The fourth-order valence-electron chi connectivity index (χ4n) is 2.82. The van der Waals surface area contributed by atoms with Gasteiger partial charge in [0.15, 0.2) is 0 Å². The molecule has 1 aromatic rings. The van der Waals surface area contributed by atoms with Gasteiger partial charge in [0.25, 0.3) is 5.69 Å². The zero-order valence-corrected chi connectivity index (χ0v) is 12.6.